The fourth-order valence-electron chi connectivity index (χ4n) is 1.52. The van der Waals surface area contributed by atoms with Crippen LogP contribution in [0.2, 0.25) is 10.0 Å². The molecule has 0 atom stereocenters. The number of hydrogen-bond donors (Lipinski definition) is 2. The van der Waals surface area contributed by atoms with Crippen LogP contribution in [-0.2, 0) is 10.2 Å². The molecule has 1 aromatic carbocycles. The zero-order valence-electron chi connectivity index (χ0n) is 11.5. The van der Waals surface area contributed by atoms with Gasteiger partial charge in [-0.25, -0.2) is 0 Å². The molecule has 0 unspecified atom stereocenters. The van der Waals surface area contributed by atoms with E-state index >= 15 is 0 Å². The van der Waals surface area contributed by atoms with E-state index < -0.39 is 10.2 Å². The lowest BCUT2D eigenvalue weighted by molar-refractivity contribution is 0.459. The van der Waals surface area contributed by atoms with Gasteiger partial charge in [-0.3, -0.25) is 4.72 Å². The number of benzene rings is 1. The molecular formula is C12H19Cl2N3O2S. The Balaban J connectivity index is 2.66. The summed E-state index contributed by atoms with van der Waals surface area (Å²) in [7, 11) is -2.11. The fourth-order valence-corrected chi connectivity index (χ4v) is 2.88. The normalized spacial score (nSPS) is 11.8. The molecule has 0 aliphatic carbocycles. The maximum absolute atomic E-state index is 12.1. The molecule has 0 bridgehead atoms. The summed E-state index contributed by atoms with van der Waals surface area (Å²) in [6.45, 7) is 4.06. The SMILES string of the molecule is CCNCCCN(C)S(=O)(=O)Nc1cc(Cl)ccc1Cl. The number of nitrogens with zero attached hydrogens (tertiary/aromatic N) is 1. The van der Waals surface area contributed by atoms with Crippen molar-refractivity contribution < 1.29 is 8.42 Å². The molecule has 0 spiro atoms. The Labute approximate surface area is 130 Å². The van der Waals surface area contributed by atoms with E-state index in [4.69, 9.17) is 23.2 Å². The van der Waals surface area contributed by atoms with Crippen LogP contribution in [0.25, 0.3) is 0 Å². The van der Waals surface area contributed by atoms with Gasteiger partial charge in [-0.2, -0.15) is 12.7 Å². The number of halogens is 2. The summed E-state index contributed by atoms with van der Waals surface area (Å²) in [4.78, 5) is 0. The van der Waals surface area contributed by atoms with Gasteiger partial charge < -0.3 is 5.32 Å². The van der Waals surface area contributed by atoms with Crippen molar-refractivity contribution in [1.82, 2.24) is 9.62 Å². The van der Waals surface area contributed by atoms with Crippen LogP contribution < -0.4 is 10.0 Å². The van der Waals surface area contributed by atoms with E-state index in [1.165, 1.54) is 17.4 Å². The summed E-state index contributed by atoms with van der Waals surface area (Å²) in [5.74, 6) is 0. The Morgan fingerprint density at radius 3 is 2.65 bits per heavy atom. The fraction of sp³-hybridized carbons (Fsp3) is 0.500. The van der Waals surface area contributed by atoms with E-state index in [0.29, 0.717) is 16.6 Å². The topological polar surface area (TPSA) is 61.4 Å². The molecule has 0 amide bonds. The number of anilines is 1. The number of nitrogens with one attached hydrogen (secondary N) is 2. The molecular weight excluding hydrogens is 321 g/mol. The van der Waals surface area contributed by atoms with Crippen LogP contribution in [0.3, 0.4) is 0 Å². The first kappa shape index (κ1) is 17.5. The van der Waals surface area contributed by atoms with Gasteiger partial charge in [-0.05, 0) is 37.7 Å². The summed E-state index contributed by atoms with van der Waals surface area (Å²) in [6, 6.07) is 4.63. The molecule has 0 saturated carbocycles. The van der Waals surface area contributed by atoms with Crippen molar-refractivity contribution in [3.63, 3.8) is 0 Å². The van der Waals surface area contributed by atoms with E-state index in [2.05, 4.69) is 10.0 Å². The van der Waals surface area contributed by atoms with E-state index in [-0.39, 0.29) is 5.69 Å². The molecule has 0 aromatic heterocycles. The summed E-state index contributed by atoms with van der Waals surface area (Å²) < 4.78 is 27.9. The molecule has 114 valence electrons. The van der Waals surface area contributed by atoms with Crippen molar-refractivity contribution in [2.45, 2.75) is 13.3 Å². The summed E-state index contributed by atoms with van der Waals surface area (Å²) in [5.41, 5.74) is 0.276. The second kappa shape index (κ2) is 8.05. The zero-order chi connectivity index (χ0) is 15.2. The highest BCUT2D eigenvalue weighted by Crippen LogP contribution is 2.26. The van der Waals surface area contributed by atoms with Crippen LogP contribution in [0.15, 0.2) is 18.2 Å². The van der Waals surface area contributed by atoms with Crippen LogP contribution in [0.1, 0.15) is 13.3 Å². The van der Waals surface area contributed by atoms with E-state index in [1.54, 1.807) is 12.1 Å². The van der Waals surface area contributed by atoms with Gasteiger partial charge in [0, 0.05) is 18.6 Å². The van der Waals surface area contributed by atoms with Crippen LogP contribution >= 0.6 is 23.2 Å². The van der Waals surface area contributed by atoms with Crippen molar-refractivity contribution in [2.24, 2.45) is 0 Å². The first-order chi connectivity index (χ1) is 9.36. The lowest BCUT2D eigenvalue weighted by atomic mass is 10.3. The third-order valence-electron chi connectivity index (χ3n) is 2.65. The molecule has 0 aliphatic rings. The first-order valence-corrected chi connectivity index (χ1v) is 8.46. The minimum absolute atomic E-state index is 0.276. The first-order valence-electron chi connectivity index (χ1n) is 6.26. The molecule has 8 heteroatoms. The molecule has 2 N–H and O–H groups in total. The number of rotatable bonds is 8. The Morgan fingerprint density at radius 1 is 1.30 bits per heavy atom. The van der Waals surface area contributed by atoms with Crippen LogP contribution in [0, 0.1) is 0 Å². The van der Waals surface area contributed by atoms with E-state index in [1.807, 2.05) is 6.92 Å². The van der Waals surface area contributed by atoms with Gasteiger partial charge in [0.25, 0.3) is 0 Å². The highest BCUT2D eigenvalue weighted by Gasteiger charge is 2.18. The Morgan fingerprint density at radius 2 is 2.00 bits per heavy atom. The predicted molar refractivity (Wildman–Crippen MR) is 84.8 cm³/mol. The average Bonchev–Trinajstić information content (AvgIpc) is 2.38. The third kappa shape index (κ3) is 5.46. The molecule has 5 nitrogen and oxygen atoms in total. The largest absolute Gasteiger partial charge is 0.317 e. The van der Waals surface area contributed by atoms with Gasteiger partial charge in [0.15, 0.2) is 0 Å². The van der Waals surface area contributed by atoms with Gasteiger partial charge in [-0.15, -0.1) is 0 Å². The van der Waals surface area contributed by atoms with Crippen molar-refractivity contribution in [1.29, 1.82) is 0 Å². The summed E-state index contributed by atoms with van der Waals surface area (Å²) in [6.07, 6.45) is 0.731. The number of hydrogen-bond acceptors (Lipinski definition) is 3. The Kier molecular flexibility index (Phi) is 7.05. The third-order valence-corrected chi connectivity index (χ3v) is 4.70. The van der Waals surface area contributed by atoms with E-state index in [9.17, 15) is 8.42 Å². The quantitative estimate of drug-likeness (QED) is 0.715. The van der Waals surface area contributed by atoms with Gasteiger partial charge in [-0.1, -0.05) is 30.1 Å². The van der Waals surface area contributed by atoms with Gasteiger partial charge in [0.1, 0.15) is 0 Å². The Bertz CT molecular complexity index is 538. The standard InChI is InChI=1S/C12H19Cl2N3O2S/c1-3-15-7-4-8-17(2)20(18,19)16-12-9-10(13)5-6-11(12)14/h5-6,9,15-16H,3-4,7-8H2,1-2H3. The van der Waals surface area contributed by atoms with Crippen LogP contribution in [0.4, 0.5) is 5.69 Å². The minimum atomic E-state index is -3.63. The molecule has 0 saturated heterocycles. The lowest BCUT2D eigenvalue weighted by Crippen LogP contribution is -2.34. The summed E-state index contributed by atoms with van der Waals surface area (Å²) in [5, 5.41) is 3.86. The monoisotopic (exact) mass is 339 g/mol. The van der Waals surface area contributed by atoms with E-state index in [0.717, 1.165) is 19.5 Å². The summed E-state index contributed by atoms with van der Waals surface area (Å²) >= 11 is 11.8. The maximum atomic E-state index is 12.1. The highest BCUT2D eigenvalue weighted by atomic mass is 35.5. The molecule has 0 aliphatic heterocycles. The zero-order valence-corrected chi connectivity index (χ0v) is 13.8. The smallest absolute Gasteiger partial charge is 0.301 e. The van der Waals surface area contributed by atoms with Crippen LogP contribution in [0.5, 0.6) is 0 Å². The second-order valence-electron chi connectivity index (χ2n) is 4.26. The van der Waals surface area contributed by atoms with Crippen molar-refractivity contribution in [3.05, 3.63) is 28.2 Å². The molecule has 20 heavy (non-hydrogen) atoms. The molecule has 0 heterocycles. The van der Waals surface area contributed by atoms with Gasteiger partial charge >= 0.3 is 10.2 Å². The van der Waals surface area contributed by atoms with Crippen molar-refractivity contribution >= 4 is 39.1 Å². The Hall–Kier alpha value is -0.530. The lowest BCUT2D eigenvalue weighted by Gasteiger charge is -2.19. The predicted octanol–water partition coefficient (Wildman–Crippen LogP) is 2.58. The second-order valence-corrected chi connectivity index (χ2v) is 6.88. The average molecular weight is 340 g/mol. The highest BCUT2D eigenvalue weighted by molar-refractivity contribution is 7.90. The maximum Gasteiger partial charge on any atom is 0.301 e. The molecule has 1 rings (SSSR count). The van der Waals surface area contributed by atoms with Crippen LogP contribution in [-0.4, -0.2) is 39.4 Å². The minimum Gasteiger partial charge on any atom is -0.317 e. The molecule has 1 aromatic rings. The van der Waals surface area contributed by atoms with Gasteiger partial charge in [0.05, 0.1) is 10.7 Å². The van der Waals surface area contributed by atoms with Crippen molar-refractivity contribution in [3.8, 4) is 0 Å². The molecule has 0 fully saturated rings. The van der Waals surface area contributed by atoms with Gasteiger partial charge in [0.2, 0.25) is 0 Å². The van der Waals surface area contributed by atoms with Crippen molar-refractivity contribution in [2.75, 3.05) is 31.4 Å². The molecule has 0 radical (unpaired) electrons.